The number of hydrogen-bond donors (Lipinski definition) is 1. The Labute approximate surface area is 172 Å². The van der Waals surface area contributed by atoms with Gasteiger partial charge < -0.3 is 5.32 Å². The van der Waals surface area contributed by atoms with Gasteiger partial charge in [0.1, 0.15) is 0 Å². The fourth-order valence-corrected chi connectivity index (χ4v) is 4.97. The molecule has 1 fully saturated rings. The number of carbonyl (C=O) groups is 2. The van der Waals surface area contributed by atoms with Crippen molar-refractivity contribution >= 4 is 27.4 Å². The average molecular weight is 415 g/mol. The number of hydrogen-bond acceptors (Lipinski definition) is 4. The zero-order valence-electron chi connectivity index (χ0n) is 16.7. The number of aryl methyl sites for hydroxylation is 1. The Kier molecular flexibility index (Phi) is 6.49. The van der Waals surface area contributed by atoms with E-state index >= 15 is 0 Å². The highest BCUT2D eigenvalue weighted by atomic mass is 32.2. The molecule has 7 heteroatoms. The van der Waals surface area contributed by atoms with E-state index in [-0.39, 0.29) is 35.6 Å². The highest BCUT2D eigenvalue weighted by Crippen LogP contribution is 2.25. The van der Waals surface area contributed by atoms with Crippen LogP contribution in [0.3, 0.4) is 0 Å². The topological polar surface area (TPSA) is 83.6 Å². The maximum absolute atomic E-state index is 12.9. The Morgan fingerprint density at radius 3 is 2.31 bits per heavy atom. The second kappa shape index (κ2) is 8.88. The molecule has 29 heavy (non-hydrogen) atoms. The number of ketones is 1. The number of sulfonamides is 1. The molecule has 0 atom stereocenters. The number of carbonyl (C=O) groups excluding carboxylic acids is 2. The van der Waals surface area contributed by atoms with Crippen LogP contribution in [0, 0.1) is 5.92 Å². The third kappa shape index (κ3) is 4.92. The third-order valence-corrected chi connectivity index (χ3v) is 7.23. The van der Waals surface area contributed by atoms with Gasteiger partial charge in [0.2, 0.25) is 15.9 Å². The quantitative estimate of drug-likeness (QED) is 0.734. The van der Waals surface area contributed by atoms with Crippen LogP contribution in [0.5, 0.6) is 0 Å². The van der Waals surface area contributed by atoms with E-state index in [1.807, 2.05) is 24.3 Å². The van der Waals surface area contributed by atoms with Gasteiger partial charge in [-0.05, 0) is 56.0 Å². The Balaban J connectivity index is 1.62. The molecule has 6 nitrogen and oxygen atoms in total. The van der Waals surface area contributed by atoms with Gasteiger partial charge in [-0.25, -0.2) is 8.42 Å². The molecule has 154 valence electrons. The lowest BCUT2D eigenvalue weighted by molar-refractivity contribution is -0.120. The molecule has 0 radical (unpaired) electrons. The van der Waals surface area contributed by atoms with Crippen molar-refractivity contribution in [2.24, 2.45) is 5.92 Å². The summed E-state index contributed by atoms with van der Waals surface area (Å²) in [5.74, 6) is -0.481. The van der Waals surface area contributed by atoms with Crippen LogP contribution in [0.25, 0.3) is 0 Å². The van der Waals surface area contributed by atoms with E-state index in [9.17, 15) is 18.0 Å². The van der Waals surface area contributed by atoms with Crippen molar-refractivity contribution in [3.63, 3.8) is 0 Å². The first-order valence-corrected chi connectivity index (χ1v) is 11.3. The maximum Gasteiger partial charge on any atom is 0.243 e. The van der Waals surface area contributed by atoms with Crippen LogP contribution in [-0.4, -0.2) is 37.5 Å². The van der Waals surface area contributed by atoms with Gasteiger partial charge >= 0.3 is 0 Å². The van der Waals surface area contributed by atoms with E-state index in [1.54, 1.807) is 12.1 Å². The number of piperidine rings is 1. The van der Waals surface area contributed by atoms with Crippen LogP contribution in [-0.2, 0) is 21.2 Å². The minimum Gasteiger partial charge on any atom is -0.326 e. The van der Waals surface area contributed by atoms with E-state index in [1.165, 1.54) is 28.9 Å². The maximum atomic E-state index is 12.9. The molecule has 0 aromatic heterocycles. The summed E-state index contributed by atoms with van der Waals surface area (Å²) < 4.78 is 27.2. The molecule has 2 aromatic carbocycles. The van der Waals surface area contributed by atoms with Gasteiger partial charge in [0.15, 0.2) is 5.78 Å². The molecule has 0 bridgehead atoms. The number of anilines is 1. The number of Topliss-reactive ketones (excluding diaryl/α,β-unsaturated/α-hetero) is 1. The molecule has 1 aliphatic heterocycles. The molecule has 3 rings (SSSR count). The summed E-state index contributed by atoms with van der Waals surface area (Å²) in [7, 11) is -3.68. The smallest absolute Gasteiger partial charge is 0.243 e. The molecule has 0 unspecified atom stereocenters. The minimum atomic E-state index is -3.68. The standard InChI is InChI=1S/C22H26N2O4S/c1-3-17-7-9-20(10-8-17)23-22(26)18-11-13-24(14-12-18)29(27,28)21-6-4-5-19(15-21)16(2)25/h4-10,15,18H,3,11-14H2,1-2H3,(H,23,26). The first-order valence-electron chi connectivity index (χ1n) is 9.82. The number of nitrogens with one attached hydrogen (secondary N) is 1. The first kappa shape index (κ1) is 21.2. The van der Waals surface area contributed by atoms with E-state index < -0.39 is 10.0 Å². The van der Waals surface area contributed by atoms with Gasteiger partial charge in [0, 0.05) is 30.3 Å². The lowest BCUT2D eigenvalue weighted by Gasteiger charge is -2.30. The molecule has 2 aromatic rings. The molecule has 0 aliphatic carbocycles. The van der Waals surface area contributed by atoms with E-state index in [4.69, 9.17) is 0 Å². The molecule has 1 heterocycles. The molecule has 0 saturated carbocycles. The van der Waals surface area contributed by atoms with Crippen molar-refractivity contribution in [2.45, 2.75) is 38.0 Å². The molecule has 1 saturated heterocycles. The largest absolute Gasteiger partial charge is 0.326 e. The summed E-state index contributed by atoms with van der Waals surface area (Å²) in [5.41, 5.74) is 2.33. The first-order chi connectivity index (χ1) is 13.8. The zero-order chi connectivity index (χ0) is 21.0. The average Bonchev–Trinajstić information content (AvgIpc) is 2.74. The van der Waals surface area contributed by atoms with Crippen LogP contribution in [0.1, 0.15) is 42.6 Å². The highest BCUT2D eigenvalue weighted by molar-refractivity contribution is 7.89. The summed E-state index contributed by atoms with van der Waals surface area (Å²) in [4.78, 5) is 24.2. The van der Waals surface area contributed by atoms with Crippen LogP contribution in [0.4, 0.5) is 5.69 Å². The number of nitrogens with zero attached hydrogens (tertiary/aromatic N) is 1. The van der Waals surface area contributed by atoms with Crippen LogP contribution in [0.15, 0.2) is 53.4 Å². The number of rotatable bonds is 6. The fraction of sp³-hybridized carbons (Fsp3) is 0.364. The normalized spacial score (nSPS) is 15.8. The van der Waals surface area contributed by atoms with Gasteiger partial charge in [-0.2, -0.15) is 4.31 Å². The minimum absolute atomic E-state index is 0.0788. The molecule has 1 aliphatic rings. The van der Waals surface area contributed by atoms with E-state index in [0.717, 1.165) is 12.1 Å². The summed E-state index contributed by atoms with van der Waals surface area (Å²) in [5, 5.41) is 2.92. The number of amides is 1. The van der Waals surface area contributed by atoms with Gasteiger partial charge in [-0.1, -0.05) is 31.2 Å². The van der Waals surface area contributed by atoms with Gasteiger partial charge in [0.05, 0.1) is 4.90 Å². The summed E-state index contributed by atoms with van der Waals surface area (Å²) >= 11 is 0. The van der Waals surface area contributed by atoms with Crippen molar-refractivity contribution in [2.75, 3.05) is 18.4 Å². The Morgan fingerprint density at radius 1 is 1.07 bits per heavy atom. The second-order valence-corrected chi connectivity index (χ2v) is 9.24. The summed E-state index contributed by atoms with van der Waals surface area (Å²) in [6.45, 7) is 4.04. The Morgan fingerprint density at radius 2 is 1.72 bits per heavy atom. The molecule has 0 spiro atoms. The van der Waals surface area contributed by atoms with Crippen LogP contribution >= 0.6 is 0 Å². The van der Waals surface area contributed by atoms with Crippen molar-refractivity contribution in [3.05, 3.63) is 59.7 Å². The molecule has 1 N–H and O–H groups in total. The number of benzene rings is 2. The van der Waals surface area contributed by atoms with Crippen molar-refractivity contribution < 1.29 is 18.0 Å². The predicted octanol–water partition coefficient (Wildman–Crippen LogP) is 3.49. The predicted molar refractivity (Wildman–Crippen MR) is 112 cm³/mol. The van der Waals surface area contributed by atoms with Gasteiger partial charge in [-0.15, -0.1) is 0 Å². The van der Waals surface area contributed by atoms with Crippen molar-refractivity contribution in [1.82, 2.24) is 4.31 Å². The van der Waals surface area contributed by atoms with Crippen LogP contribution < -0.4 is 5.32 Å². The monoisotopic (exact) mass is 414 g/mol. The molecular formula is C22H26N2O4S. The lowest BCUT2D eigenvalue weighted by Crippen LogP contribution is -2.41. The third-order valence-electron chi connectivity index (χ3n) is 5.33. The Hall–Kier alpha value is -2.51. The van der Waals surface area contributed by atoms with E-state index in [2.05, 4.69) is 12.2 Å². The van der Waals surface area contributed by atoms with Crippen molar-refractivity contribution in [1.29, 1.82) is 0 Å². The SMILES string of the molecule is CCc1ccc(NC(=O)C2CCN(S(=O)(=O)c3cccc(C(C)=O)c3)CC2)cc1. The van der Waals surface area contributed by atoms with Gasteiger partial charge in [0.25, 0.3) is 0 Å². The highest BCUT2D eigenvalue weighted by Gasteiger charge is 2.32. The van der Waals surface area contributed by atoms with Crippen molar-refractivity contribution in [3.8, 4) is 0 Å². The molecule has 1 amide bonds. The van der Waals surface area contributed by atoms with Gasteiger partial charge in [-0.3, -0.25) is 9.59 Å². The Bertz CT molecular complexity index is 992. The van der Waals surface area contributed by atoms with Crippen LogP contribution in [0.2, 0.25) is 0 Å². The zero-order valence-corrected chi connectivity index (χ0v) is 17.5. The summed E-state index contributed by atoms with van der Waals surface area (Å²) in [6, 6.07) is 13.8. The molecular weight excluding hydrogens is 388 g/mol. The second-order valence-electron chi connectivity index (χ2n) is 7.30. The summed E-state index contributed by atoms with van der Waals surface area (Å²) in [6.07, 6.45) is 1.87. The fourth-order valence-electron chi connectivity index (χ4n) is 3.45. The van der Waals surface area contributed by atoms with E-state index in [0.29, 0.717) is 18.4 Å². The lowest BCUT2D eigenvalue weighted by atomic mass is 9.97.